The van der Waals surface area contributed by atoms with E-state index < -0.39 is 6.36 Å². The molecule has 2 heterocycles. The molecule has 1 aromatic rings. The van der Waals surface area contributed by atoms with E-state index in [-0.39, 0.29) is 36.3 Å². The van der Waals surface area contributed by atoms with Crippen LogP contribution in [-0.4, -0.2) is 74.3 Å². The van der Waals surface area contributed by atoms with Gasteiger partial charge in [0.2, 0.25) is 0 Å². The van der Waals surface area contributed by atoms with Crippen LogP contribution in [0.3, 0.4) is 0 Å². The summed E-state index contributed by atoms with van der Waals surface area (Å²) in [5.74, 6) is 0.776. The van der Waals surface area contributed by atoms with Gasteiger partial charge in [-0.2, -0.15) is 0 Å². The quantitative estimate of drug-likeness (QED) is 0.577. The van der Waals surface area contributed by atoms with Crippen molar-refractivity contribution in [3.8, 4) is 5.75 Å². The van der Waals surface area contributed by atoms with Gasteiger partial charge in [0, 0.05) is 37.9 Å². The molecule has 0 spiro atoms. The molecule has 2 fully saturated rings. The molecular formula is C21H32Cl2F3N3O2. The number of piperidine rings is 1. The number of hydrogen-bond donors (Lipinski definition) is 0. The van der Waals surface area contributed by atoms with Gasteiger partial charge in [-0.1, -0.05) is 6.07 Å². The highest BCUT2D eigenvalue weighted by atomic mass is 35.5. The first-order chi connectivity index (χ1) is 13.8. The van der Waals surface area contributed by atoms with Crippen molar-refractivity contribution in [2.45, 2.75) is 32.5 Å². The number of piperazine rings is 1. The Hall–Kier alpha value is -1.22. The minimum atomic E-state index is -4.67. The minimum Gasteiger partial charge on any atom is -0.406 e. The lowest BCUT2D eigenvalue weighted by Crippen LogP contribution is -2.47. The van der Waals surface area contributed by atoms with Crippen LogP contribution in [-0.2, 0) is 4.79 Å². The summed E-state index contributed by atoms with van der Waals surface area (Å²) in [6, 6.07) is 6.21. The number of halogens is 5. The smallest absolute Gasteiger partial charge is 0.406 e. The summed E-state index contributed by atoms with van der Waals surface area (Å²) in [6.07, 6.45) is -1.19. The van der Waals surface area contributed by atoms with Crippen LogP contribution in [0, 0.1) is 5.92 Å². The molecule has 0 atom stereocenters. The molecule has 10 heteroatoms. The lowest BCUT2D eigenvalue weighted by atomic mass is 9.93. The molecule has 0 unspecified atom stereocenters. The Morgan fingerprint density at radius 2 is 1.68 bits per heavy atom. The first-order valence-corrected chi connectivity index (χ1v) is 10.3. The Morgan fingerprint density at radius 3 is 2.26 bits per heavy atom. The van der Waals surface area contributed by atoms with Crippen LogP contribution in [0.4, 0.5) is 18.9 Å². The molecule has 0 aliphatic carbocycles. The standard InChI is InChI=1S/C21H30F3N3O2.2ClH/c1-17(28)16-26-9-6-18(7-10-26)5-8-25-11-13-27(14-12-25)19-3-2-4-20(15-19)29-21(22,23)24;;/h2-4,15,18H,5-14,16H2,1H3;2*1H. The number of ether oxygens (including phenoxy) is 1. The first kappa shape index (κ1) is 27.8. The molecule has 3 rings (SSSR count). The highest BCUT2D eigenvalue weighted by Gasteiger charge is 2.31. The summed E-state index contributed by atoms with van der Waals surface area (Å²) >= 11 is 0. The van der Waals surface area contributed by atoms with Crippen molar-refractivity contribution >= 4 is 36.3 Å². The highest BCUT2D eigenvalue weighted by molar-refractivity contribution is 5.85. The third-order valence-electron chi connectivity index (χ3n) is 5.80. The van der Waals surface area contributed by atoms with Gasteiger partial charge >= 0.3 is 6.36 Å². The topological polar surface area (TPSA) is 36.0 Å². The lowest BCUT2D eigenvalue weighted by molar-refractivity contribution is -0.274. The molecule has 2 aliphatic rings. The Balaban J connectivity index is 0.00000240. The van der Waals surface area contributed by atoms with Gasteiger partial charge in [-0.15, -0.1) is 38.0 Å². The van der Waals surface area contributed by atoms with E-state index in [0.29, 0.717) is 12.5 Å². The number of carbonyl (C=O) groups is 1. The molecule has 2 saturated heterocycles. The number of rotatable bonds is 7. The number of alkyl halides is 3. The molecule has 0 radical (unpaired) electrons. The lowest BCUT2D eigenvalue weighted by Gasteiger charge is -2.37. The van der Waals surface area contributed by atoms with Crippen LogP contribution < -0.4 is 9.64 Å². The summed E-state index contributed by atoms with van der Waals surface area (Å²) in [4.78, 5) is 18.0. The van der Waals surface area contributed by atoms with Crippen molar-refractivity contribution in [1.82, 2.24) is 9.80 Å². The van der Waals surface area contributed by atoms with E-state index in [2.05, 4.69) is 19.4 Å². The zero-order chi connectivity index (χ0) is 20.9. The normalized spacial score (nSPS) is 18.8. The largest absolute Gasteiger partial charge is 0.573 e. The van der Waals surface area contributed by atoms with Crippen molar-refractivity contribution in [3.63, 3.8) is 0 Å². The number of likely N-dealkylation sites (tertiary alicyclic amines) is 1. The van der Waals surface area contributed by atoms with Crippen LogP contribution in [0.1, 0.15) is 26.2 Å². The van der Waals surface area contributed by atoms with Crippen LogP contribution >= 0.6 is 24.8 Å². The molecule has 0 aromatic heterocycles. The second-order valence-corrected chi connectivity index (χ2v) is 8.08. The number of Topliss-reactive ketones (excluding diaryl/α,β-unsaturated/α-hetero) is 1. The predicted octanol–water partition coefficient (Wildman–Crippen LogP) is 4.24. The van der Waals surface area contributed by atoms with E-state index in [1.54, 1.807) is 13.0 Å². The van der Waals surface area contributed by atoms with Crippen LogP contribution in [0.15, 0.2) is 24.3 Å². The Kier molecular flexibility index (Phi) is 11.4. The van der Waals surface area contributed by atoms with Crippen molar-refractivity contribution in [2.75, 3.05) is 57.3 Å². The third-order valence-corrected chi connectivity index (χ3v) is 5.80. The average Bonchev–Trinajstić information content (AvgIpc) is 2.66. The van der Waals surface area contributed by atoms with Crippen molar-refractivity contribution in [2.24, 2.45) is 5.92 Å². The van der Waals surface area contributed by atoms with Gasteiger partial charge in [-0.3, -0.25) is 14.6 Å². The van der Waals surface area contributed by atoms with E-state index in [9.17, 15) is 18.0 Å². The SMILES string of the molecule is CC(=O)CN1CCC(CCN2CCN(c3cccc(OC(F)(F)F)c3)CC2)CC1.Cl.Cl. The number of hydrogen-bond acceptors (Lipinski definition) is 5. The maximum Gasteiger partial charge on any atom is 0.573 e. The molecule has 0 saturated carbocycles. The van der Waals surface area contributed by atoms with Gasteiger partial charge < -0.3 is 9.64 Å². The van der Waals surface area contributed by atoms with Crippen LogP contribution in [0.5, 0.6) is 5.75 Å². The van der Waals surface area contributed by atoms with Crippen molar-refractivity contribution in [1.29, 1.82) is 0 Å². The molecule has 0 amide bonds. The molecule has 1 aromatic carbocycles. The monoisotopic (exact) mass is 485 g/mol. The molecule has 5 nitrogen and oxygen atoms in total. The molecule has 0 N–H and O–H groups in total. The van der Waals surface area contributed by atoms with Crippen molar-refractivity contribution < 1.29 is 22.7 Å². The van der Waals surface area contributed by atoms with E-state index in [1.165, 1.54) is 18.6 Å². The van der Waals surface area contributed by atoms with E-state index >= 15 is 0 Å². The van der Waals surface area contributed by atoms with Gasteiger partial charge in [0.05, 0.1) is 6.54 Å². The summed E-state index contributed by atoms with van der Waals surface area (Å²) in [6.45, 7) is 8.71. The Labute approximate surface area is 194 Å². The molecule has 0 bridgehead atoms. The zero-order valence-electron chi connectivity index (χ0n) is 17.8. The second kappa shape index (κ2) is 12.7. The predicted molar refractivity (Wildman–Crippen MR) is 121 cm³/mol. The fraction of sp³-hybridized carbons (Fsp3) is 0.667. The number of nitrogens with zero attached hydrogens (tertiary/aromatic N) is 3. The maximum atomic E-state index is 12.4. The molecule has 178 valence electrons. The van der Waals surface area contributed by atoms with Gasteiger partial charge in [0.1, 0.15) is 11.5 Å². The minimum absolute atomic E-state index is 0. The average molecular weight is 486 g/mol. The Bertz CT molecular complexity index is 678. The van der Waals surface area contributed by atoms with Gasteiger partial charge in [0.25, 0.3) is 0 Å². The summed E-state index contributed by atoms with van der Waals surface area (Å²) in [5, 5.41) is 0. The molecule has 31 heavy (non-hydrogen) atoms. The van der Waals surface area contributed by atoms with E-state index in [1.807, 2.05) is 6.07 Å². The summed E-state index contributed by atoms with van der Waals surface area (Å²) in [7, 11) is 0. The number of benzene rings is 1. The summed E-state index contributed by atoms with van der Waals surface area (Å²) < 4.78 is 41.3. The number of ketones is 1. The third kappa shape index (κ3) is 9.43. The molecule has 2 aliphatic heterocycles. The van der Waals surface area contributed by atoms with E-state index in [4.69, 9.17) is 0 Å². The highest BCUT2D eigenvalue weighted by Crippen LogP contribution is 2.27. The van der Waals surface area contributed by atoms with Gasteiger partial charge in [-0.05, 0) is 63.9 Å². The summed E-state index contributed by atoms with van der Waals surface area (Å²) in [5.41, 5.74) is 0.768. The van der Waals surface area contributed by atoms with E-state index in [0.717, 1.165) is 64.3 Å². The number of anilines is 1. The Morgan fingerprint density at radius 1 is 1.03 bits per heavy atom. The van der Waals surface area contributed by atoms with Crippen LogP contribution in [0.25, 0.3) is 0 Å². The zero-order valence-corrected chi connectivity index (χ0v) is 19.4. The van der Waals surface area contributed by atoms with Crippen LogP contribution in [0.2, 0.25) is 0 Å². The maximum absolute atomic E-state index is 12.4. The second-order valence-electron chi connectivity index (χ2n) is 8.08. The van der Waals surface area contributed by atoms with Gasteiger partial charge in [-0.25, -0.2) is 0 Å². The number of carbonyl (C=O) groups excluding carboxylic acids is 1. The fourth-order valence-electron chi connectivity index (χ4n) is 4.22. The van der Waals surface area contributed by atoms with Crippen molar-refractivity contribution in [3.05, 3.63) is 24.3 Å². The van der Waals surface area contributed by atoms with Gasteiger partial charge in [0.15, 0.2) is 0 Å². The molecular weight excluding hydrogens is 454 g/mol. The first-order valence-electron chi connectivity index (χ1n) is 10.3. The fourth-order valence-corrected chi connectivity index (χ4v) is 4.22.